The Morgan fingerprint density at radius 3 is 2.56 bits per heavy atom. The summed E-state index contributed by atoms with van der Waals surface area (Å²) in [4.78, 5) is 4.45. The van der Waals surface area contributed by atoms with Gasteiger partial charge in [0.1, 0.15) is 5.76 Å². The predicted octanol–water partition coefficient (Wildman–Crippen LogP) is 3.97. The average molecular weight is 234 g/mol. The van der Waals surface area contributed by atoms with Crippen molar-refractivity contribution in [3.63, 3.8) is 0 Å². The maximum Gasteiger partial charge on any atom is 0.101 e. The molecule has 1 aromatic rings. The Morgan fingerprint density at radius 1 is 1.19 bits per heavy atom. The van der Waals surface area contributed by atoms with E-state index >= 15 is 0 Å². The number of para-hydroxylation sites is 1. The van der Waals surface area contributed by atoms with Crippen LogP contribution in [0.5, 0.6) is 0 Å². The third kappa shape index (κ3) is 2.17. The van der Waals surface area contributed by atoms with Gasteiger partial charge in [0.25, 0.3) is 0 Å². The van der Waals surface area contributed by atoms with E-state index in [0.717, 1.165) is 5.69 Å². The molecule has 0 bridgehead atoms. The molecule has 0 fully saturated rings. The minimum Gasteiger partial charge on any atom is -0.512 e. The molecule has 0 spiro atoms. The quantitative estimate of drug-likeness (QED) is 0.782. The number of aliphatic hydroxyl groups is 1. The first-order chi connectivity index (χ1) is 7.68. The van der Waals surface area contributed by atoms with E-state index in [9.17, 15) is 5.11 Å². The topological polar surface area (TPSA) is 32.6 Å². The van der Waals surface area contributed by atoms with Crippen LogP contribution >= 0.6 is 11.6 Å². The number of allylic oxidation sites excluding steroid dienone is 4. The Labute approximate surface area is 99.6 Å². The summed E-state index contributed by atoms with van der Waals surface area (Å²) in [5.74, 6) is 0.136. The fraction of sp³-hybridized carbons (Fsp3) is 0.154. The molecule has 0 saturated carbocycles. The smallest absolute Gasteiger partial charge is 0.101 e. The monoisotopic (exact) mass is 233 g/mol. The van der Waals surface area contributed by atoms with Gasteiger partial charge in [-0.2, -0.15) is 0 Å². The number of hydrogen-bond acceptors (Lipinski definition) is 2. The van der Waals surface area contributed by atoms with Crippen LogP contribution in [0.25, 0.3) is 0 Å². The molecule has 0 amide bonds. The lowest BCUT2D eigenvalue weighted by atomic mass is 9.98. The highest BCUT2D eigenvalue weighted by Gasteiger charge is 2.21. The molecule has 0 radical (unpaired) electrons. The Hall–Kier alpha value is -1.54. The van der Waals surface area contributed by atoms with Crippen LogP contribution in [0.1, 0.15) is 6.92 Å². The molecular weight excluding hydrogens is 222 g/mol. The van der Waals surface area contributed by atoms with Gasteiger partial charge in [-0.15, -0.1) is 0 Å². The maximum absolute atomic E-state index is 9.62. The minimum absolute atomic E-state index is 0.155. The maximum atomic E-state index is 9.62. The van der Waals surface area contributed by atoms with Crippen LogP contribution in [-0.4, -0.2) is 10.8 Å². The zero-order valence-corrected chi connectivity index (χ0v) is 9.65. The lowest BCUT2D eigenvalue weighted by molar-refractivity contribution is 0.372. The van der Waals surface area contributed by atoms with Crippen LogP contribution in [0.2, 0.25) is 0 Å². The fourth-order valence-electron chi connectivity index (χ4n) is 1.53. The van der Waals surface area contributed by atoms with Crippen LogP contribution in [-0.2, 0) is 0 Å². The van der Waals surface area contributed by atoms with Crippen molar-refractivity contribution in [2.24, 2.45) is 10.9 Å². The summed E-state index contributed by atoms with van der Waals surface area (Å²) in [6.45, 7) is 1.88. The van der Waals surface area contributed by atoms with E-state index in [2.05, 4.69) is 4.99 Å². The summed E-state index contributed by atoms with van der Waals surface area (Å²) in [6.07, 6.45) is 3.27. The molecule has 0 saturated heterocycles. The minimum atomic E-state index is -0.155. The third-order valence-corrected chi connectivity index (χ3v) is 2.82. The van der Waals surface area contributed by atoms with E-state index in [1.807, 2.05) is 37.3 Å². The van der Waals surface area contributed by atoms with E-state index in [1.165, 1.54) is 0 Å². The van der Waals surface area contributed by atoms with E-state index in [-0.39, 0.29) is 5.92 Å². The van der Waals surface area contributed by atoms with Gasteiger partial charge in [-0.25, -0.2) is 0 Å². The number of rotatable bonds is 1. The SMILES string of the molecule is CC1C(O)=CC=C(Cl)C1=Nc1ccccc1. The highest BCUT2D eigenvalue weighted by atomic mass is 35.5. The van der Waals surface area contributed by atoms with Gasteiger partial charge in [-0.1, -0.05) is 29.8 Å². The molecule has 1 N–H and O–H groups in total. The van der Waals surface area contributed by atoms with Crippen molar-refractivity contribution in [1.29, 1.82) is 0 Å². The number of benzene rings is 1. The van der Waals surface area contributed by atoms with Crippen LogP contribution in [0, 0.1) is 5.92 Å². The molecule has 0 heterocycles. The summed E-state index contributed by atoms with van der Waals surface area (Å²) in [5, 5.41) is 10.2. The molecule has 0 aromatic heterocycles. The standard InChI is InChI=1S/C13H12ClNO/c1-9-12(16)8-7-11(14)13(9)15-10-5-3-2-4-6-10/h2-9,16H,1H3. The van der Waals surface area contributed by atoms with Crippen molar-refractivity contribution >= 4 is 23.0 Å². The molecule has 0 aliphatic heterocycles. The van der Waals surface area contributed by atoms with Crippen molar-refractivity contribution in [1.82, 2.24) is 0 Å². The van der Waals surface area contributed by atoms with Gasteiger partial charge in [0, 0.05) is 0 Å². The number of aliphatic imine (C=N–C) groups is 1. The molecule has 2 rings (SSSR count). The fourth-order valence-corrected chi connectivity index (χ4v) is 1.80. The third-order valence-electron chi connectivity index (χ3n) is 2.50. The second-order valence-electron chi connectivity index (χ2n) is 3.66. The van der Waals surface area contributed by atoms with Gasteiger partial charge in [0.05, 0.1) is 22.3 Å². The largest absolute Gasteiger partial charge is 0.512 e. The van der Waals surface area contributed by atoms with Gasteiger partial charge < -0.3 is 5.11 Å². The summed E-state index contributed by atoms with van der Waals surface area (Å²) in [6, 6.07) is 9.57. The summed E-state index contributed by atoms with van der Waals surface area (Å²) < 4.78 is 0. The van der Waals surface area contributed by atoms with Gasteiger partial charge in [-0.3, -0.25) is 4.99 Å². The second-order valence-corrected chi connectivity index (χ2v) is 4.07. The zero-order chi connectivity index (χ0) is 11.5. The van der Waals surface area contributed by atoms with Crippen molar-refractivity contribution in [2.75, 3.05) is 0 Å². The molecule has 1 atom stereocenters. The first-order valence-electron chi connectivity index (χ1n) is 5.09. The average Bonchev–Trinajstić information content (AvgIpc) is 2.31. The molecule has 82 valence electrons. The highest BCUT2D eigenvalue weighted by molar-refractivity contribution is 6.44. The summed E-state index contributed by atoms with van der Waals surface area (Å²) in [5.41, 5.74) is 1.54. The summed E-state index contributed by atoms with van der Waals surface area (Å²) >= 11 is 6.07. The summed E-state index contributed by atoms with van der Waals surface area (Å²) in [7, 11) is 0. The molecule has 16 heavy (non-hydrogen) atoms. The normalized spacial score (nSPS) is 22.9. The zero-order valence-electron chi connectivity index (χ0n) is 8.89. The van der Waals surface area contributed by atoms with Gasteiger partial charge >= 0.3 is 0 Å². The van der Waals surface area contributed by atoms with E-state index in [1.54, 1.807) is 12.2 Å². The van der Waals surface area contributed by atoms with Gasteiger partial charge in [-0.05, 0) is 31.2 Å². The first-order valence-corrected chi connectivity index (χ1v) is 5.46. The number of hydrogen-bond donors (Lipinski definition) is 1. The second kappa shape index (κ2) is 4.54. The molecule has 1 aromatic carbocycles. The number of halogens is 1. The molecule has 1 unspecified atom stereocenters. The van der Waals surface area contributed by atoms with Crippen LogP contribution in [0.4, 0.5) is 5.69 Å². The Balaban J connectivity index is 2.38. The van der Waals surface area contributed by atoms with E-state index < -0.39 is 0 Å². The Kier molecular flexibility index (Phi) is 3.11. The molecular formula is C13H12ClNO. The van der Waals surface area contributed by atoms with Crippen LogP contribution in [0.15, 0.2) is 58.3 Å². The highest BCUT2D eigenvalue weighted by Crippen LogP contribution is 2.26. The molecule has 1 aliphatic carbocycles. The first kappa shape index (κ1) is 11.0. The predicted molar refractivity (Wildman–Crippen MR) is 67.3 cm³/mol. The van der Waals surface area contributed by atoms with Crippen LogP contribution in [0.3, 0.4) is 0 Å². The number of nitrogens with zero attached hydrogens (tertiary/aromatic N) is 1. The van der Waals surface area contributed by atoms with E-state index in [0.29, 0.717) is 16.5 Å². The Bertz CT molecular complexity index is 474. The lowest BCUT2D eigenvalue weighted by Gasteiger charge is -2.17. The lowest BCUT2D eigenvalue weighted by Crippen LogP contribution is -2.16. The van der Waals surface area contributed by atoms with Gasteiger partial charge in [0.15, 0.2) is 0 Å². The van der Waals surface area contributed by atoms with Gasteiger partial charge in [0.2, 0.25) is 0 Å². The van der Waals surface area contributed by atoms with Crippen molar-refractivity contribution < 1.29 is 5.11 Å². The molecule has 2 nitrogen and oxygen atoms in total. The van der Waals surface area contributed by atoms with Crippen molar-refractivity contribution in [3.8, 4) is 0 Å². The van der Waals surface area contributed by atoms with Crippen LogP contribution < -0.4 is 0 Å². The number of aliphatic hydroxyl groups excluding tert-OH is 1. The molecule has 1 aliphatic rings. The Morgan fingerprint density at radius 2 is 1.88 bits per heavy atom. The van der Waals surface area contributed by atoms with Crippen molar-refractivity contribution in [2.45, 2.75) is 6.92 Å². The van der Waals surface area contributed by atoms with Crippen molar-refractivity contribution in [3.05, 3.63) is 53.3 Å². The molecule has 3 heteroatoms. The van der Waals surface area contributed by atoms with E-state index in [4.69, 9.17) is 11.6 Å².